The van der Waals surface area contributed by atoms with Crippen molar-refractivity contribution in [2.75, 3.05) is 30.3 Å². The normalized spacial score (nSPS) is 23.1. The van der Waals surface area contributed by atoms with Crippen LogP contribution in [0.25, 0.3) is 0 Å². The summed E-state index contributed by atoms with van der Waals surface area (Å²) in [7, 11) is 0. The van der Waals surface area contributed by atoms with E-state index in [4.69, 9.17) is 0 Å². The minimum atomic E-state index is -0.0835. The third-order valence-electron chi connectivity index (χ3n) is 6.69. The van der Waals surface area contributed by atoms with Gasteiger partial charge in [-0.15, -0.1) is 0 Å². The molecule has 1 aliphatic carbocycles. The van der Waals surface area contributed by atoms with Crippen LogP contribution in [0.3, 0.4) is 0 Å². The molecule has 0 saturated heterocycles. The van der Waals surface area contributed by atoms with E-state index in [1.165, 1.54) is 47.7 Å². The lowest BCUT2D eigenvalue weighted by Crippen LogP contribution is -2.32. The van der Waals surface area contributed by atoms with Gasteiger partial charge >= 0.3 is 0 Å². The molecule has 0 spiro atoms. The number of hydrogen-bond donors (Lipinski definition) is 0. The monoisotopic (exact) mass is 397 g/mol. The third-order valence-corrected chi connectivity index (χ3v) is 7.75. The number of carbonyl (C=O) groups is 1. The van der Waals surface area contributed by atoms with E-state index in [0.717, 1.165) is 25.3 Å². The predicted octanol–water partition coefficient (Wildman–Crippen LogP) is 5.00. The fourth-order valence-corrected chi connectivity index (χ4v) is 6.19. The topological polar surface area (TPSA) is 23.3 Å². The molecule has 1 aromatic carbocycles. The summed E-state index contributed by atoms with van der Waals surface area (Å²) < 4.78 is 2.45. The fourth-order valence-electron chi connectivity index (χ4n) is 5.07. The fraction of sp³-hybridized carbons (Fsp3) is 0.583. The van der Waals surface area contributed by atoms with Crippen LogP contribution in [0.1, 0.15) is 58.4 Å². The molecule has 0 atom stereocenters. The molecule has 1 saturated carbocycles. The van der Waals surface area contributed by atoms with Gasteiger partial charge in [0.05, 0.1) is 12.3 Å². The number of benzene rings is 1. The summed E-state index contributed by atoms with van der Waals surface area (Å²) in [5, 5.41) is 1.35. The minimum Gasteiger partial charge on any atom is -0.336 e. The maximum absolute atomic E-state index is 13.0. The van der Waals surface area contributed by atoms with E-state index in [0.29, 0.717) is 18.2 Å². The lowest BCUT2D eigenvalue weighted by atomic mass is 9.84. The number of carbonyl (C=O) groups excluding carboxylic acids is 1. The van der Waals surface area contributed by atoms with Gasteiger partial charge in [-0.05, 0) is 24.5 Å². The van der Waals surface area contributed by atoms with Gasteiger partial charge in [-0.2, -0.15) is 0 Å². The Labute approximate surface area is 173 Å². The first-order valence-electron chi connectivity index (χ1n) is 10.9. The second-order valence-electron chi connectivity index (χ2n) is 8.92. The van der Waals surface area contributed by atoms with Crippen molar-refractivity contribution in [2.45, 2.75) is 58.3 Å². The largest absolute Gasteiger partial charge is 0.336 e. The number of para-hydroxylation sites is 1. The highest BCUT2D eigenvalue weighted by Gasteiger charge is 2.41. The Morgan fingerprint density at radius 1 is 1.29 bits per heavy atom. The number of allylic oxidation sites excluding steroid dienone is 1. The third kappa shape index (κ3) is 3.68. The van der Waals surface area contributed by atoms with Crippen molar-refractivity contribution in [2.24, 2.45) is 5.92 Å². The molecule has 0 aromatic heterocycles. The number of fused-ring (bicyclic) bond motifs is 1. The van der Waals surface area contributed by atoms with Crippen molar-refractivity contribution in [3.8, 4) is 0 Å². The number of nitrogens with zero attached hydrogens (tertiary/aromatic N) is 2. The van der Waals surface area contributed by atoms with Gasteiger partial charge in [0, 0.05) is 29.3 Å². The van der Waals surface area contributed by atoms with Gasteiger partial charge in [-0.3, -0.25) is 4.79 Å². The van der Waals surface area contributed by atoms with E-state index in [1.54, 1.807) is 0 Å². The maximum Gasteiger partial charge on any atom is 0.236 e. The molecular formula is C24H33N2OS+. The molecule has 0 N–H and O–H groups in total. The van der Waals surface area contributed by atoms with Crippen LogP contribution < -0.4 is 4.90 Å². The summed E-state index contributed by atoms with van der Waals surface area (Å²) in [5.74, 6) is 2.16. The van der Waals surface area contributed by atoms with Gasteiger partial charge in [0.25, 0.3) is 0 Å². The Kier molecular flexibility index (Phi) is 5.69. The summed E-state index contributed by atoms with van der Waals surface area (Å²) in [6.07, 6.45) is 8.17. The predicted molar refractivity (Wildman–Crippen MR) is 120 cm³/mol. The molecule has 0 bridgehead atoms. The van der Waals surface area contributed by atoms with Crippen LogP contribution >= 0.6 is 11.8 Å². The van der Waals surface area contributed by atoms with Gasteiger partial charge < -0.3 is 4.90 Å². The SMILES string of the molecule is CC[N+]1=C(/C=C2/N(CC(=O)CC3CCCC3)c3ccccc3C2(C)C)SCC1. The van der Waals surface area contributed by atoms with E-state index in [9.17, 15) is 4.79 Å². The Morgan fingerprint density at radius 3 is 2.79 bits per heavy atom. The van der Waals surface area contributed by atoms with Crippen molar-refractivity contribution in [3.05, 3.63) is 41.6 Å². The lowest BCUT2D eigenvalue weighted by Gasteiger charge is -2.26. The molecule has 0 radical (unpaired) electrons. The molecule has 3 aliphatic rings. The zero-order valence-electron chi connectivity index (χ0n) is 17.5. The highest BCUT2D eigenvalue weighted by atomic mass is 32.2. The van der Waals surface area contributed by atoms with Crippen LogP contribution in [-0.4, -0.2) is 40.8 Å². The van der Waals surface area contributed by atoms with Gasteiger partial charge in [0.15, 0.2) is 12.3 Å². The highest BCUT2D eigenvalue weighted by molar-refractivity contribution is 8.14. The second kappa shape index (κ2) is 8.06. The van der Waals surface area contributed by atoms with E-state index < -0.39 is 0 Å². The molecule has 4 rings (SSSR count). The molecule has 1 aromatic rings. The standard InChI is InChI=1S/C24H33N2OS/c1-4-25-13-14-28-23(25)16-22-24(2,3)20-11-7-8-12-21(20)26(22)17-19(27)15-18-9-5-6-10-18/h7-8,11-12,16,18H,4-6,9-10,13-15,17H2,1-3H3/q+1. The quantitative estimate of drug-likeness (QED) is 0.631. The number of anilines is 1. The average Bonchev–Trinajstić information content (AvgIpc) is 3.39. The molecule has 28 heavy (non-hydrogen) atoms. The van der Waals surface area contributed by atoms with Gasteiger partial charge in [0.2, 0.25) is 5.04 Å². The number of rotatable bonds is 6. The first-order chi connectivity index (χ1) is 13.5. The Bertz CT molecular complexity index is 818. The van der Waals surface area contributed by atoms with Crippen LogP contribution in [0.5, 0.6) is 0 Å². The second-order valence-corrected chi connectivity index (χ2v) is 10.0. The van der Waals surface area contributed by atoms with Crippen molar-refractivity contribution in [1.29, 1.82) is 0 Å². The zero-order chi connectivity index (χ0) is 19.7. The molecule has 0 unspecified atom stereocenters. The minimum absolute atomic E-state index is 0.0835. The molecule has 150 valence electrons. The summed E-state index contributed by atoms with van der Waals surface area (Å²) in [6.45, 7) is 9.49. The summed E-state index contributed by atoms with van der Waals surface area (Å²) in [5.41, 5.74) is 3.74. The van der Waals surface area contributed by atoms with Crippen LogP contribution in [0.2, 0.25) is 0 Å². The average molecular weight is 398 g/mol. The smallest absolute Gasteiger partial charge is 0.236 e. The van der Waals surface area contributed by atoms with E-state index >= 15 is 0 Å². The molecule has 2 heterocycles. The summed E-state index contributed by atoms with van der Waals surface area (Å²) >= 11 is 1.94. The van der Waals surface area contributed by atoms with Crippen LogP contribution in [0, 0.1) is 5.92 Å². The number of Topliss-reactive ketones (excluding diaryl/α,β-unsaturated/α-hetero) is 1. The van der Waals surface area contributed by atoms with Gasteiger partial charge in [0.1, 0.15) is 6.54 Å². The van der Waals surface area contributed by atoms with Crippen LogP contribution in [0.4, 0.5) is 5.69 Å². The van der Waals surface area contributed by atoms with Crippen molar-refractivity contribution < 1.29 is 9.37 Å². The van der Waals surface area contributed by atoms with Crippen molar-refractivity contribution in [3.63, 3.8) is 0 Å². The van der Waals surface area contributed by atoms with E-state index in [1.807, 2.05) is 11.8 Å². The van der Waals surface area contributed by atoms with E-state index in [2.05, 4.69) is 60.6 Å². The first kappa shape index (κ1) is 19.8. The van der Waals surface area contributed by atoms with Gasteiger partial charge in [-0.25, -0.2) is 4.58 Å². The molecular weight excluding hydrogens is 364 g/mol. The zero-order valence-corrected chi connectivity index (χ0v) is 18.4. The molecule has 0 amide bonds. The van der Waals surface area contributed by atoms with Crippen LogP contribution in [-0.2, 0) is 10.2 Å². The lowest BCUT2D eigenvalue weighted by molar-refractivity contribution is -0.513. The molecule has 2 aliphatic heterocycles. The Hall–Kier alpha value is -1.55. The number of ketones is 1. The molecule has 4 heteroatoms. The highest BCUT2D eigenvalue weighted by Crippen LogP contribution is 2.48. The number of thioether (sulfide) groups is 1. The Balaban J connectivity index is 1.67. The summed E-state index contributed by atoms with van der Waals surface area (Å²) in [4.78, 5) is 15.3. The van der Waals surface area contributed by atoms with Gasteiger partial charge in [-0.1, -0.05) is 69.5 Å². The summed E-state index contributed by atoms with van der Waals surface area (Å²) in [6, 6.07) is 8.64. The maximum atomic E-state index is 13.0. The van der Waals surface area contributed by atoms with Crippen molar-refractivity contribution in [1.82, 2.24) is 0 Å². The first-order valence-corrected chi connectivity index (χ1v) is 11.8. The molecule has 1 fully saturated rings. The van der Waals surface area contributed by atoms with E-state index in [-0.39, 0.29) is 5.41 Å². The van der Waals surface area contributed by atoms with Crippen molar-refractivity contribution >= 4 is 28.3 Å². The Morgan fingerprint density at radius 2 is 2.04 bits per heavy atom. The molecule has 3 nitrogen and oxygen atoms in total. The number of hydrogen-bond acceptors (Lipinski definition) is 3. The van der Waals surface area contributed by atoms with Crippen LogP contribution in [0.15, 0.2) is 36.0 Å².